The minimum Gasteiger partial charge on any atom is -0.495 e. The average Bonchev–Trinajstić information content (AvgIpc) is 2.17. The summed E-state index contributed by atoms with van der Waals surface area (Å²) in [7, 11) is 1.33. The van der Waals surface area contributed by atoms with Gasteiger partial charge in [-0.2, -0.15) is 5.26 Å². The first kappa shape index (κ1) is 10.9. The molecule has 0 N–H and O–H groups in total. The number of nitrogens with zero attached hydrogens (tertiary/aromatic N) is 2. The molecule has 14 heavy (non-hydrogen) atoms. The van der Waals surface area contributed by atoms with E-state index in [2.05, 4.69) is 20.9 Å². The zero-order valence-electron chi connectivity index (χ0n) is 7.09. The molecule has 74 valence electrons. The molecule has 3 nitrogen and oxygen atoms in total. The number of halogens is 3. The second kappa shape index (κ2) is 4.33. The van der Waals surface area contributed by atoms with Crippen LogP contribution in [0.5, 0.6) is 5.75 Å². The third-order valence-corrected chi connectivity index (χ3v) is 2.29. The van der Waals surface area contributed by atoms with Crippen molar-refractivity contribution >= 4 is 15.9 Å². The topological polar surface area (TPSA) is 45.9 Å². The zero-order valence-corrected chi connectivity index (χ0v) is 8.68. The first-order valence-electron chi connectivity index (χ1n) is 3.52. The van der Waals surface area contributed by atoms with Gasteiger partial charge in [0.25, 0.3) is 6.43 Å². The quantitative estimate of drug-likeness (QED) is 0.823. The van der Waals surface area contributed by atoms with E-state index in [9.17, 15) is 8.78 Å². The van der Waals surface area contributed by atoms with Gasteiger partial charge in [0.2, 0.25) is 0 Å². The molecule has 0 aromatic carbocycles. The molecule has 0 unspecified atom stereocenters. The van der Waals surface area contributed by atoms with Crippen molar-refractivity contribution in [1.29, 1.82) is 5.26 Å². The number of rotatable bonds is 2. The molecule has 0 saturated heterocycles. The molecule has 1 aromatic heterocycles. The van der Waals surface area contributed by atoms with Crippen LogP contribution in [0.2, 0.25) is 0 Å². The number of pyridine rings is 1. The first-order valence-corrected chi connectivity index (χ1v) is 4.32. The van der Waals surface area contributed by atoms with Gasteiger partial charge >= 0.3 is 0 Å². The number of methoxy groups -OCH3 is 1. The Hall–Kier alpha value is -1.22. The third kappa shape index (κ3) is 1.99. The van der Waals surface area contributed by atoms with E-state index >= 15 is 0 Å². The molecule has 0 aliphatic heterocycles. The lowest BCUT2D eigenvalue weighted by Gasteiger charge is -2.07. The van der Waals surface area contributed by atoms with Crippen LogP contribution in [0.4, 0.5) is 8.78 Å². The molecule has 0 radical (unpaired) electrons. The predicted molar refractivity (Wildman–Crippen MR) is 48.2 cm³/mol. The van der Waals surface area contributed by atoms with Crippen LogP contribution < -0.4 is 4.74 Å². The monoisotopic (exact) mass is 262 g/mol. The van der Waals surface area contributed by atoms with E-state index in [1.54, 1.807) is 6.07 Å². The van der Waals surface area contributed by atoms with Crippen LogP contribution in [0, 0.1) is 11.3 Å². The maximum absolute atomic E-state index is 12.4. The van der Waals surface area contributed by atoms with Crippen LogP contribution in [0.25, 0.3) is 0 Å². The number of alkyl halides is 2. The molecular formula is C8H5BrF2N2O. The molecule has 0 saturated carbocycles. The maximum Gasteiger partial charge on any atom is 0.281 e. The molecule has 0 spiro atoms. The summed E-state index contributed by atoms with van der Waals surface area (Å²) in [6.07, 6.45) is -2.74. The van der Waals surface area contributed by atoms with E-state index in [0.29, 0.717) is 0 Å². The summed E-state index contributed by atoms with van der Waals surface area (Å²) in [5.74, 6) is 0.173. The fourth-order valence-electron chi connectivity index (χ4n) is 0.875. The van der Waals surface area contributed by atoms with Gasteiger partial charge in [-0.1, -0.05) is 0 Å². The van der Waals surface area contributed by atoms with Gasteiger partial charge < -0.3 is 4.74 Å². The van der Waals surface area contributed by atoms with Crippen molar-refractivity contribution in [3.05, 3.63) is 21.9 Å². The second-order valence-corrected chi connectivity index (χ2v) is 3.11. The number of hydrogen-bond donors (Lipinski definition) is 0. The van der Waals surface area contributed by atoms with Gasteiger partial charge in [-0.05, 0) is 15.9 Å². The SMILES string of the molecule is COc1cc(C#N)nc(C(F)F)c1Br. The summed E-state index contributed by atoms with van der Waals surface area (Å²) < 4.78 is 29.7. The normalized spacial score (nSPS) is 10.0. The Morgan fingerprint density at radius 3 is 2.71 bits per heavy atom. The van der Waals surface area contributed by atoms with Crippen LogP contribution in [0.15, 0.2) is 10.5 Å². The molecule has 0 fully saturated rings. The summed E-state index contributed by atoms with van der Waals surface area (Å²) in [6, 6.07) is 2.97. The van der Waals surface area contributed by atoms with Crippen LogP contribution in [-0.4, -0.2) is 12.1 Å². The molecule has 1 heterocycles. The second-order valence-electron chi connectivity index (χ2n) is 2.32. The molecule has 6 heteroatoms. The Morgan fingerprint density at radius 2 is 2.29 bits per heavy atom. The summed E-state index contributed by atoms with van der Waals surface area (Å²) in [5.41, 5.74) is -0.582. The summed E-state index contributed by atoms with van der Waals surface area (Å²) in [5, 5.41) is 8.53. The zero-order chi connectivity index (χ0) is 10.7. The highest BCUT2D eigenvalue weighted by molar-refractivity contribution is 9.10. The number of aromatic nitrogens is 1. The molecule has 0 aliphatic carbocycles. The standard InChI is InChI=1S/C8H5BrF2N2O/c1-14-5-2-4(3-12)13-7(6(5)9)8(10)11/h2,8H,1H3. The average molecular weight is 263 g/mol. The van der Waals surface area contributed by atoms with Crippen molar-refractivity contribution in [2.24, 2.45) is 0 Å². The Labute approximate surface area is 87.5 Å². The van der Waals surface area contributed by atoms with Gasteiger partial charge in [-0.3, -0.25) is 0 Å². The number of hydrogen-bond acceptors (Lipinski definition) is 3. The highest BCUT2D eigenvalue weighted by atomic mass is 79.9. The summed E-state index contributed by atoms with van der Waals surface area (Å²) >= 11 is 2.93. The van der Waals surface area contributed by atoms with Crippen molar-refractivity contribution in [2.45, 2.75) is 6.43 Å². The molecule has 1 aromatic rings. The third-order valence-electron chi connectivity index (χ3n) is 1.49. The lowest BCUT2D eigenvalue weighted by molar-refractivity contribution is 0.144. The smallest absolute Gasteiger partial charge is 0.281 e. The Balaban J connectivity index is 3.36. The van der Waals surface area contributed by atoms with Gasteiger partial charge in [0.05, 0.1) is 11.6 Å². The van der Waals surface area contributed by atoms with E-state index in [4.69, 9.17) is 10.00 Å². The maximum atomic E-state index is 12.4. The van der Waals surface area contributed by atoms with Gasteiger partial charge in [-0.15, -0.1) is 0 Å². The van der Waals surface area contributed by atoms with Gasteiger partial charge in [-0.25, -0.2) is 13.8 Å². The van der Waals surface area contributed by atoms with Crippen molar-refractivity contribution in [3.8, 4) is 11.8 Å². The Morgan fingerprint density at radius 1 is 1.64 bits per heavy atom. The Bertz CT molecular complexity index is 390. The number of ether oxygens (including phenoxy) is 1. The molecule has 0 atom stereocenters. The van der Waals surface area contributed by atoms with E-state index in [1.807, 2.05) is 0 Å². The highest BCUT2D eigenvalue weighted by Crippen LogP contribution is 2.33. The van der Waals surface area contributed by atoms with Crippen molar-refractivity contribution < 1.29 is 13.5 Å². The Kier molecular flexibility index (Phi) is 3.36. The lowest BCUT2D eigenvalue weighted by atomic mass is 10.3. The molecule has 0 aliphatic rings. The van der Waals surface area contributed by atoms with Crippen LogP contribution in [-0.2, 0) is 0 Å². The summed E-state index contributed by atoms with van der Waals surface area (Å²) in [6.45, 7) is 0. The molecule has 0 bridgehead atoms. The molecule has 1 rings (SSSR count). The lowest BCUT2D eigenvalue weighted by Crippen LogP contribution is -1.98. The van der Waals surface area contributed by atoms with E-state index in [1.165, 1.54) is 13.2 Å². The van der Waals surface area contributed by atoms with Crippen molar-refractivity contribution in [1.82, 2.24) is 4.98 Å². The van der Waals surface area contributed by atoms with Crippen LogP contribution in [0.3, 0.4) is 0 Å². The predicted octanol–water partition coefficient (Wildman–Crippen LogP) is 2.66. The number of nitriles is 1. The molecule has 0 amide bonds. The molecular weight excluding hydrogens is 258 g/mol. The van der Waals surface area contributed by atoms with Crippen LogP contribution >= 0.6 is 15.9 Å². The van der Waals surface area contributed by atoms with Crippen molar-refractivity contribution in [2.75, 3.05) is 7.11 Å². The minimum absolute atomic E-state index is 0.0778. The van der Waals surface area contributed by atoms with Gasteiger partial charge in [0.1, 0.15) is 23.2 Å². The first-order chi connectivity index (χ1) is 6.60. The fourth-order valence-corrected chi connectivity index (χ4v) is 1.41. The van der Waals surface area contributed by atoms with Crippen molar-refractivity contribution in [3.63, 3.8) is 0 Å². The van der Waals surface area contributed by atoms with Gasteiger partial charge in [0.15, 0.2) is 0 Å². The largest absolute Gasteiger partial charge is 0.495 e. The van der Waals surface area contributed by atoms with E-state index in [-0.39, 0.29) is 15.9 Å². The minimum atomic E-state index is -2.74. The van der Waals surface area contributed by atoms with Gasteiger partial charge in [0, 0.05) is 6.07 Å². The van der Waals surface area contributed by atoms with E-state index < -0.39 is 12.1 Å². The van der Waals surface area contributed by atoms with Crippen LogP contribution in [0.1, 0.15) is 17.8 Å². The van der Waals surface area contributed by atoms with E-state index in [0.717, 1.165) is 0 Å². The highest BCUT2D eigenvalue weighted by Gasteiger charge is 2.18. The fraction of sp³-hybridized carbons (Fsp3) is 0.250. The summed E-state index contributed by atoms with van der Waals surface area (Å²) in [4.78, 5) is 3.46.